The van der Waals surface area contributed by atoms with Crippen LogP contribution in [-0.2, 0) is 9.53 Å². The Hall–Kier alpha value is -2.75. The molecular formula is C18H16N2O2. The van der Waals surface area contributed by atoms with Gasteiger partial charge >= 0.3 is 5.97 Å². The Bertz CT molecular complexity index is 762. The van der Waals surface area contributed by atoms with Gasteiger partial charge in [0, 0.05) is 24.8 Å². The molecule has 4 heteroatoms. The fraction of sp³-hybridized carbons (Fsp3) is 0.167. The monoisotopic (exact) mass is 292 g/mol. The SMILES string of the molecule is COC(=O)C1=C(c2ccncc2)CC(c2ccncc2)=C1C. The molecule has 0 spiro atoms. The second kappa shape index (κ2) is 5.93. The van der Waals surface area contributed by atoms with Crippen LogP contribution in [0.15, 0.2) is 60.2 Å². The molecular weight excluding hydrogens is 276 g/mol. The van der Waals surface area contributed by atoms with Crippen molar-refractivity contribution in [2.45, 2.75) is 13.3 Å². The number of esters is 1. The Morgan fingerprint density at radius 1 is 0.955 bits per heavy atom. The Balaban J connectivity index is 2.11. The van der Waals surface area contributed by atoms with Crippen molar-refractivity contribution in [1.29, 1.82) is 0 Å². The van der Waals surface area contributed by atoms with Crippen LogP contribution in [0.1, 0.15) is 24.5 Å². The van der Waals surface area contributed by atoms with Crippen molar-refractivity contribution in [2.24, 2.45) is 0 Å². The summed E-state index contributed by atoms with van der Waals surface area (Å²) in [6.07, 6.45) is 7.69. The van der Waals surface area contributed by atoms with Crippen molar-refractivity contribution in [3.63, 3.8) is 0 Å². The van der Waals surface area contributed by atoms with Gasteiger partial charge < -0.3 is 4.74 Å². The maximum Gasteiger partial charge on any atom is 0.338 e. The van der Waals surface area contributed by atoms with E-state index in [1.807, 2.05) is 31.2 Å². The van der Waals surface area contributed by atoms with Gasteiger partial charge in [0.1, 0.15) is 0 Å². The highest BCUT2D eigenvalue weighted by Gasteiger charge is 2.28. The highest BCUT2D eigenvalue weighted by atomic mass is 16.5. The van der Waals surface area contributed by atoms with Gasteiger partial charge in [-0.25, -0.2) is 4.79 Å². The fourth-order valence-electron chi connectivity index (χ4n) is 2.82. The van der Waals surface area contributed by atoms with Crippen LogP contribution in [-0.4, -0.2) is 23.0 Å². The molecule has 0 unspecified atom stereocenters. The van der Waals surface area contributed by atoms with Crippen LogP contribution < -0.4 is 0 Å². The maximum absolute atomic E-state index is 12.2. The first kappa shape index (κ1) is 14.2. The van der Waals surface area contributed by atoms with Crippen molar-refractivity contribution in [3.05, 3.63) is 71.3 Å². The van der Waals surface area contributed by atoms with Crippen molar-refractivity contribution >= 4 is 17.1 Å². The molecule has 0 amide bonds. The summed E-state index contributed by atoms with van der Waals surface area (Å²) in [5.41, 5.74) is 5.82. The minimum Gasteiger partial charge on any atom is -0.465 e. The minimum absolute atomic E-state index is 0.298. The molecule has 110 valence electrons. The van der Waals surface area contributed by atoms with Gasteiger partial charge in [-0.1, -0.05) is 0 Å². The topological polar surface area (TPSA) is 52.1 Å². The number of hydrogen-bond acceptors (Lipinski definition) is 4. The molecule has 3 rings (SSSR count). The van der Waals surface area contributed by atoms with E-state index in [1.54, 1.807) is 24.8 Å². The lowest BCUT2D eigenvalue weighted by atomic mass is 9.99. The van der Waals surface area contributed by atoms with E-state index >= 15 is 0 Å². The van der Waals surface area contributed by atoms with Crippen LogP contribution in [0, 0.1) is 0 Å². The van der Waals surface area contributed by atoms with E-state index in [1.165, 1.54) is 7.11 Å². The van der Waals surface area contributed by atoms with Gasteiger partial charge in [-0.3, -0.25) is 9.97 Å². The van der Waals surface area contributed by atoms with E-state index in [0.29, 0.717) is 12.0 Å². The van der Waals surface area contributed by atoms with Gasteiger partial charge in [0.2, 0.25) is 0 Å². The van der Waals surface area contributed by atoms with E-state index in [0.717, 1.165) is 27.8 Å². The van der Waals surface area contributed by atoms with Crippen LogP contribution in [0.25, 0.3) is 11.1 Å². The number of carbonyl (C=O) groups is 1. The number of rotatable bonds is 3. The molecule has 0 bridgehead atoms. The molecule has 2 heterocycles. The summed E-state index contributed by atoms with van der Waals surface area (Å²) in [7, 11) is 1.41. The first-order valence-corrected chi connectivity index (χ1v) is 7.04. The molecule has 0 aromatic carbocycles. The third-order valence-electron chi connectivity index (χ3n) is 3.93. The second-order valence-electron chi connectivity index (χ2n) is 5.10. The van der Waals surface area contributed by atoms with Crippen molar-refractivity contribution in [1.82, 2.24) is 9.97 Å². The van der Waals surface area contributed by atoms with Gasteiger partial charge in [-0.15, -0.1) is 0 Å². The summed E-state index contributed by atoms with van der Waals surface area (Å²) >= 11 is 0. The van der Waals surface area contributed by atoms with E-state index in [4.69, 9.17) is 4.74 Å². The Morgan fingerprint density at radius 3 is 1.95 bits per heavy atom. The largest absolute Gasteiger partial charge is 0.465 e. The minimum atomic E-state index is -0.298. The first-order chi connectivity index (χ1) is 10.7. The van der Waals surface area contributed by atoms with Gasteiger partial charge in [0.25, 0.3) is 0 Å². The molecule has 0 aliphatic heterocycles. The molecule has 0 N–H and O–H groups in total. The smallest absolute Gasteiger partial charge is 0.338 e. The predicted octanol–water partition coefficient (Wildman–Crippen LogP) is 3.28. The lowest BCUT2D eigenvalue weighted by Crippen LogP contribution is -2.06. The average Bonchev–Trinajstić information content (AvgIpc) is 2.93. The number of aromatic nitrogens is 2. The molecule has 4 nitrogen and oxygen atoms in total. The van der Waals surface area contributed by atoms with E-state index in [9.17, 15) is 4.79 Å². The number of hydrogen-bond donors (Lipinski definition) is 0. The van der Waals surface area contributed by atoms with Gasteiger partial charge in [0.15, 0.2) is 0 Å². The zero-order valence-corrected chi connectivity index (χ0v) is 12.5. The molecule has 2 aromatic heterocycles. The Kier molecular flexibility index (Phi) is 3.83. The molecule has 0 saturated heterocycles. The third-order valence-corrected chi connectivity index (χ3v) is 3.93. The molecule has 0 fully saturated rings. The summed E-state index contributed by atoms with van der Waals surface area (Å²) in [4.78, 5) is 20.3. The summed E-state index contributed by atoms with van der Waals surface area (Å²) in [5.74, 6) is -0.298. The van der Waals surface area contributed by atoms with E-state index in [-0.39, 0.29) is 5.97 Å². The fourth-order valence-corrected chi connectivity index (χ4v) is 2.82. The highest BCUT2D eigenvalue weighted by molar-refractivity contribution is 6.09. The number of allylic oxidation sites excluding steroid dienone is 2. The molecule has 0 atom stereocenters. The Morgan fingerprint density at radius 2 is 1.45 bits per heavy atom. The molecule has 2 aromatic rings. The van der Waals surface area contributed by atoms with Crippen molar-refractivity contribution < 1.29 is 9.53 Å². The quantitative estimate of drug-likeness (QED) is 0.815. The summed E-state index contributed by atoms with van der Waals surface area (Å²) in [6, 6.07) is 7.76. The lowest BCUT2D eigenvalue weighted by Gasteiger charge is -2.07. The van der Waals surface area contributed by atoms with Crippen LogP contribution >= 0.6 is 0 Å². The molecule has 22 heavy (non-hydrogen) atoms. The zero-order chi connectivity index (χ0) is 15.5. The second-order valence-corrected chi connectivity index (χ2v) is 5.10. The molecule has 1 aliphatic rings. The number of ether oxygens (including phenoxy) is 1. The summed E-state index contributed by atoms with van der Waals surface area (Å²) in [6.45, 7) is 1.97. The zero-order valence-electron chi connectivity index (χ0n) is 12.5. The van der Waals surface area contributed by atoms with Gasteiger partial charge in [-0.05, 0) is 65.5 Å². The lowest BCUT2D eigenvalue weighted by molar-refractivity contribution is -0.135. The number of nitrogens with zero attached hydrogens (tertiary/aromatic N) is 2. The maximum atomic E-state index is 12.2. The standard InChI is InChI=1S/C18H16N2O2/c1-12-15(13-3-7-19-8-4-13)11-16(17(12)18(21)22-2)14-5-9-20-10-6-14/h3-10H,11H2,1-2H3. The Labute approximate surface area is 129 Å². The normalized spacial score (nSPS) is 14.5. The van der Waals surface area contributed by atoms with E-state index < -0.39 is 0 Å². The summed E-state index contributed by atoms with van der Waals surface area (Å²) < 4.78 is 4.98. The van der Waals surface area contributed by atoms with E-state index in [2.05, 4.69) is 9.97 Å². The van der Waals surface area contributed by atoms with Gasteiger partial charge in [-0.2, -0.15) is 0 Å². The molecule has 0 saturated carbocycles. The van der Waals surface area contributed by atoms with Gasteiger partial charge in [0.05, 0.1) is 12.7 Å². The van der Waals surface area contributed by atoms with Crippen LogP contribution in [0.2, 0.25) is 0 Å². The number of pyridine rings is 2. The number of methoxy groups -OCH3 is 1. The van der Waals surface area contributed by atoms with Crippen molar-refractivity contribution in [3.8, 4) is 0 Å². The average molecular weight is 292 g/mol. The summed E-state index contributed by atoms with van der Waals surface area (Å²) in [5, 5.41) is 0. The number of carbonyl (C=O) groups excluding carboxylic acids is 1. The predicted molar refractivity (Wildman–Crippen MR) is 84.6 cm³/mol. The van der Waals surface area contributed by atoms with Crippen LogP contribution in [0.4, 0.5) is 0 Å². The highest BCUT2D eigenvalue weighted by Crippen LogP contribution is 2.42. The van der Waals surface area contributed by atoms with Crippen LogP contribution in [0.5, 0.6) is 0 Å². The van der Waals surface area contributed by atoms with Crippen LogP contribution in [0.3, 0.4) is 0 Å². The first-order valence-electron chi connectivity index (χ1n) is 7.04. The van der Waals surface area contributed by atoms with Crippen molar-refractivity contribution in [2.75, 3.05) is 7.11 Å². The molecule has 0 radical (unpaired) electrons. The third kappa shape index (κ3) is 2.44. The molecule has 1 aliphatic carbocycles.